The van der Waals surface area contributed by atoms with Crippen molar-refractivity contribution in [1.29, 1.82) is 21.0 Å². The number of hydrogen-bond acceptors (Lipinski definition) is 5. The van der Waals surface area contributed by atoms with Gasteiger partial charge in [-0.05, 0) is 6.92 Å². The molecule has 0 radical (unpaired) electrons. The third kappa shape index (κ3) is 1.21. The largest absolute Gasteiger partial charge is 0.347 e. The fourth-order valence-corrected chi connectivity index (χ4v) is 3.36. The molecule has 1 fully saturated rings. The Hall–Kier alpha value is -2.83. The lowest BCUT2D eigenvalue weighted by molar-refractivity contribution is -0.125. The van der Waals surface area contributed by atoms with Crippen LogP contribution in [0.4, 0.5) is 0 Å². The highest BCUT2D eigenvalue weighted by Crippen LogP contribution is 2.56. The summed E-state index contributed by atoms with van der Waals surface area (Å²) in [6.07, 6.45) is 1.62. The molecule has 6 nitrogen and oxygen atoms in total. The fourth-order valence-electron chi connectivity index (χ4n) is 3.36. The van der Waals surface area contributed by atoms with E-state index in [-0.39, 0.29) is 5.91 Å². The third-order valence-electron chi connectivity index (χ3n) is 4.39. The van der Waals surface area contributed by atoms with Crippen LogP contribution in [0.3, 0.4) is 0 Å². The highest BCUT2D eigenvalue weighted by Gasteiger charge is 2.68. The number of nitrogens with zero attached hydrogens (tertiary/aromatic N) is 4. The molecule has 6 heteroatoms. The van der Waals surface area contributed by atoms with Crippen LogP contribution in [0.2, 0.25) is 0 Å². The molecule has 0 unspecified atom stereocenters. The molecule has 2 bridgehead atoms. The van der Waals surface area contributed by atoms with Crippen molar-refractivity contribution in [3.8, 4) is 24.3 Å². The average molecular weight is 265 g/mol. The molecule has 3 atom stereocenters. The molecule has 2 heterocycles. The van der Waals surface area contributed by atoms with Crippen LogP contribution in [-0.4, -0.2) is 11.9 Å². The molecule has 0 aromatic carbocycles. The molecule has 1 N–H and O–H groups in total. The number of allylic oxidation sites excluding steroid dienone is 1. The SMILES string of the molecule is CC1=C[C@@H]2NC(=O)[C@@H](C)[C@@H]1C(C#N)(C#N)C2(C#N)C#N. The van der Waals surface area contributed by atoms with Crippen molar-refractivity contribution < 1.29 is 4.79 Å². The topological polar surface area (TPSA) is 124 Å². The van der Waals surface area contributed by atoms with Gasteiger partial charge in [-0.25, -0.2) is 0 Å². The van der Waals surface area contributed by atoms with E-state index in [1.807, 2.05) is 24.3 Å². The number of nitrogens with one attached hydrogen (secondary N) is 1. The van der Waals surface area contributed by atoms with Crippen LogP contribution in [-0.2, 0) is 4.79 Å². The van der Waals surface area contributed by atoms with Crippen LogP contribution in [0.25, 0.3) is 0 Å². The lowest BCUT2D eigenvalue weighted by Gasteiger charge is -2.43. The molecular formula is C14H11N5O. The summed E-state index contributed by atoms with van der Waals surface area (Å²) in [5.74, 6) is -1.77. The molecular weight excluding hydrogens is 254 g/mol. The summed E-state index contributed by atoms with van der Waals surface area (Å²) in [6.45, 7) is 3.32. The minimum Gasteiger partial charge on any atom is -0.347 e. The Balaban J connectivity index is 2.92. The van der Waals surface area contributed by atoms with Gasteiger partial charge in [0.15, 0.2) is 10.8 Å². The Morgan fingerprint density at radius 2 is 1.60 bits per heavy atom. The Morgan fingerprint density at radius 3 is 2.05 bits per heavy atom. The van der Waals surface area contributed by atoms with Gasteiger partial charge in [0.25, 0.3) is 0 Å². The van der Waals surface area contributed by atoms with Gasteiger partial charge in [0.1, 0.15) is 0 Å². The first-order valence-corrected chi connectivity index (χ1v) is 6.07. The van der Waals surface area contributed by atoms with E-state index in [2.05, 4.69) is 5.32 Å². The predicted molar refractivity (Wildman–Crippen MR) is 65.7 cm³/mol. The molecule has 2 aliphatic heterocycles. The van der Waals surface area contributed by atoms with E-state index in [0.29, 0.717) is 5.57 Å². The first-order valence-electron chi connectivity index (χ1n) is 6.07. The number of fused-ring (bicyclic) bond motifs is 3. The monoisotopic (exact) mass is 265 g/mol. The second kappa shape index (κ2) is 4.09. The normalized spacial score (nSPS) is 32.4. The van der Waals surface area contributed by atoms with E-state index in [1.165, 1.54) is 0 Å². The van der Waals surface area contributed by atoms with E-state index in [9.17, 15) is 25.8 Å². The Bertz CT molecular complexity index is 650. The van der Waals surface area contributed by atoms with Crippen LogP contribution in [0.15, 0.2) is 11.6 Å². The summed E-state index contributed by atoms with van der Waals surface area (Å²) in [6, 6.07) is 6.45. The van der Waals surface area contributed by atoms with Gasteiger partial charge < -0.3 is 5.32 Å². The zero-order valence-corrected chi connectivity index (χ0v) is 11.0. The van der Waals surface area contributed by atoms with E-state index >= 15 is 0 Å². The second-order valence-corrected chi connectivity index (χ2v) is 5.23. The number of nitriles is 4. The maximum absolute atomic E-state index is 12.1. The van der Waals surface area contributed by atoms with Gasteiger partial charge in [0, 0.05) is 11.8 Å². The maximum atomic E-state index is 12.1. The van der Waals surface area contributed by atoms with E-state index in [1.54, 1.807) is 19.9 Å². The van der Waals surface area contributed by atoms with Gasteiger partial charge in [-0.15, -0.1) is 0 Å². The summed E-state index contributed by atoms with van der Waals surface area (Å²) in [5.41, 5.74) is -3.08. The van der Waals surface area contributed by atoms with E-state index in [0.717, 1.165) is 0 Å². The average Bonchev–Trinajstić information content (AvgIpc) is 2.60. The van der Waals surface area contributed by atoms with E-state index < -0.39 is 28.7 Å². The van der Waals surface area contributed by atoms with Crippen LogP contribution in [0.1, 0.15) is 13.8 Å². The van der Waals surface area contributed by atoms with Crippen molar-refractivity contribution >= 4 is 5.91 Å². The molecule has 1 aliphatic carbocycles. The van der Waals surface area contributed by atoms with Gasteiger partial charge in [-0.3, -0.25) is 4.79 Å². The number of rotatable bonds is 0. The lowest BCUT2D eigenvalue weighted by atomic mass is 9.51. The van der Waals surface area contributed by atoms with Crippen LogP contribution in [0, 0.1) is 68.0 Å². The molecule has 0 aromatic rings. The number of hydrogen-bond donors (Lipinski definition) is 1. The van der Waals surface area contributed by atoms with Crippen molar-refractivity contribution in [2.75, 3.05) is 0 Å². The van der Waals surface area contributed by atoms with Crippen LogP contribution < -0.4 is 5.32 Å². The molecule has 1 saturated heterocycles. The predicted octanol–water partition coefficient (Wildman–Crippen LogP) is 0.764. The Labute approximate surface area is 116 Å². The van der Waals surface area contributed by atoms with Gasteiger partial charge in [0.05, 0.1) is 30.3 Å². The Morgan fingerprint density at radius 1 is 1.10 bits per heavy atom. The summed E-state index contributed by atoms with van der Waals surface area (Å²) in [4.78, 5) is 12.1. The smallest absolute Gasteiger partial charge is 0.224 e. The first-order chi connectivity index (χ1) is 9.44. The molecule has 1 amide bonds. The minimum atomic E-state index is -1.90. The quantitative estimate of drug-likeness (QED) is 0.647. The summed E-state index contributed by atoms with van der Waals surface area (Å²) >= 11 is 0. The standard InChI is InChI=1S/C14H11N5O/c1-8-3-10-13(4-15,5-16)14(6-17,7-18)11(8)9(2)12(20)19-10/h3,9-11H,1-2H3,(H,19,20)/t9-,10-,11+/m0/s1. The van der Waals surface area contributed by atoms with Crippen molar-refractivity contribution in [2.24, 2.45) is 22.7 Å². The molecule has 3 aliphatic rings. The molecule has 0 aromatic heterocycles. The summed E-state index contributed by atoms with van der Waals surface area (Å²) < 4.78 is 0. The summed E-state index contributed by atoms with van der Waals surface area (Å²) in [5, 5.41) is 40.7. The van der Waals surface area contributed by atoms with Crippen molar-refractivity contribution in [3.05, 3.63) is 11.6 Å². The number of carbonyl (C=O) groups excluding carboxylic acids is 1. The van der Waals surface area contributed by atoms with E-state index in [4.69, 9.17) is 0 Å². The minimum absolute atomic E-state index is 0.352. The van der Waals surface area contributed by atoms with Crippen LogP contribution >= 0.6 is 0 Å². The number of carbonyl (C=O) groups is 1. The van der Waals surface area contributed by atoms with Gasteiger partial charge in [0.2, 0.25) is 5.91 Å². The first kappa shape index (κ1) is 13.6. The van der Waals surface area contributed by atoms with Crippen LogP contribution in [0.5, 0.6) is 0 Å². The number of amides is 1. The molecule has 20 heavy (non-hydrogen) atoms. The van der Waals surface area contributed by atoms with Gasteiger partial charge in [-0.1, -0.05) is 18.6 Å². The highest BCUT2D eigenvalue weighted by atomic mass is 16.2. The van der Waals surface area contributed by atoms with Crippen molar-refractivity contribution in [1.82, 2.24) is 5.32 Å². The van der Waals surface area contributed by atoms with Crippen molar-refractivity contribution in [3.63, 3.8) is 0 Å². The summed E-state index contributed by atoms with van der Waals surface area (Å²) in [7, 11) is 0. The zero-order chi connectivity index (χ0) is 15.1. The molecule has 0 saturated carbocycles. The van der Waals surface area contributed by atoms with Gasteiger partial charge in [-0.2, -0.15) is 21.0 Å². The molecule has 98 valence electrons. The molecule has 0 spiro atoms. The zero-order valence-electron chi connectivity index (χ0n) is 11.0. The molecule has 3 rings (SSSR count). The third-order valence-corrected chi connectivity index (χ3v) is 4.39. The Kier molecular flexibility index (Phi) is 2.78. The fraction of sp³-hybridized carbons (Fsp3) is 0.500. The maximum Gasteiger partial charge on any atom is 0.224 e. The van der Waals surface area contributed by atoms with Gasteiger partial charge >= 0.3 is 0 Å². The highest BCUT2D eigenvalue weighted by molar-refractivity contribution is 5.82. The van der Waals surface area contributed by atoms with Crippen molar-refractivity contribution in [2.45, 2.75) is 19.9 Å². The second-order valence-electron chi connectivity index (χ2n) is 5.23. The lowest BCUT2D eigenvalue weighted by Crippen LogP contribution is -2.55.